The van der Waals surface area contributed by atoms with Crippen LogP contribution in [-0.4, -0.2) is 14.9 Å². The summed E-state index contributed by atoms with van der Waals surface area (Å²) in [4.78, 5) is 16.4. The van der Waals surface area contributed by atoms with Gasteiger partial charge < -0.3 is 9.97 Å². The molecule has 2 aromatic heterocycles. The number of non-ortho nitro benzene ring substituents is 1. The van der Waals surface area contributed by atoms with Crippen molar-refractivity contribution in [2.24, 2.45) is 0 Å². The van der Waals surface area contributed by atoms with Crippen molar-refractivity contribution >= 4 is 27.5 Å². The standard InChI is InChI=1S/C16H9FN3O2/c17-9-5-11-13(8-19-16(11)15(6-9)20(21)22)12-7-18-14-4-2-1-3-10(12)14/h1-7,18-19H. The molecular weight excluding hydrogens is 285 g/mol. The molecule has 0 unspecified atom stereocenters. The van der Waals surface area contributed by atoms with Gasteiger partial charge in [-0.15, -0.1) is 0 Å². The second-order valence-corrected chi connectivity index (χ2v) is 4.98. The largest absolute Gasteiger partial charge is 0.361 e. The molecule has 0 atom stereocenters. The first-order chi connectivity index (χ1) is 10.6. The topological polar surface area (TPSA) is 74.7 Å². The molecule has 6 heteroatoms. The highest BCUT2D eigenvalue weighted by Crippen LogP contribution is 2.36. The van der Waals surface area contributed by atoms with E-state index in [2.05, 4.69) is 16.2 Å². The van der Waals surface area contributed by atoms with Crippen LogP contribution < -0.4 is 0 Å². The number of hydrogen-bond donors (Lipinski definition) is 2. The van der Waals surface area contributed by atoms with E-state index in [4.69, 9.17) is 0 Å². The Morgan fingerprint density at radius 1 is 1.18 bits per heavy atom. The fourth-order valence-electron chi connectivity index (χ4n) is 2.75. The Kier molecular flexibility index (Phi) is 2.53. The molecule has 107 valence electrons. The summed E-state index contributed by atoms with van der Waals surface area (Å²) in [5, 5.41) is 12.5. The Bertz CT molecular complexity index is 1030. The van der Waals surface area contributed by atoms with Crippen molar-refractivity contribution in [1.82, 2.24) is 9.97 Å². The van der Waals surface area contributed by atoms with E-state index in [1.54, 1.807) is 6.20 Å². The van der Waals surface area contributed by atoms with Gasteiger partial charge in [-0.3, -0.25) is 10.1 Å². The molecule has 4 rings (SSSR count). The van der Waals surface area contributed by atoms with Crippen molar-refractivity contribution in [2.45, 2.75) is 0 Å². The molecule has 4 aromatic rings. The monoisotopic (exact) mass is 294 g/mol. The lowest BCUT2D eigenvalue weighted by Crippen LogP contribution is -1.90. The van der Waals surface area contributed by atoms with E-state index in [1.807, 2.05) is 24.3 Å². The molecule has 0 aliphatic heterocycles. The highest BCUT2D eigenvalue weighted by molar-refractivity contribution is 6.06. The molecule has 22 heavy (non-hydrogen) atoms. The van der Waals surface area contributed by atoms with Crippen LogP contribution in [-0.2, 0) is 0 Å². The molecule has 0 saturated heterocycles. The normalized spacial score (nSPS) is 11.3. The summed E-state index contributed by atoms with van der Waals surface area (Å²) in [6, 6.07) is 9.86. The second-order valence-electron chi connectivity index (χ2n) is 4.98. The lowest BCUT2D eigenvalue weighted by Gasteiger charge is -1.99. The van der Waals surface area contributed by atoms with E-state index in [1.165, 1.54) is 6.07 Å². The molecule has 0 fully saturated rings. The van der Waals surface area contributed by atoms with Crippen LogP contribution in [0.5, 0.6) is 0 Å². The third-order valence-corrected chi connectivity index (χ3v) is 3.72. The Morgan fingerprint density at radius 2 is 2.00 bits per heavy atom. The van der Waals surface area contributed by atoms with Crippen LogP contribution in [0, 0.1) is 22.1 Å². The number of rotatable bonds is 2. The van der Waals surface area contributed by atoms with Gasteiger partial charge in [-0.05, 0) is 12.1 Å². The Balaban J connectivity index is 2.06. The third kappa shape index (κ3) is 1.70. The maximum Gasteiger partial charge on any atom is 0.296 e. The first kappa shape index (κ1) is 12.6. The Morgan fingerprint density at radius 3 is 2.82 bits per heavy atom. The lowest BCUT2D eigenvalue weighted by atomic mass is 10.0. The molecule has 0 aliphatic carbocycles. The van der Waals surface area contributed by atoms with Gasteiger partial charge in [-0.1, -0.05) is 18.2 Å². The number of halogens is 1. The van der Waals surface area contributed by atoms with Crippen LogP contribution in [0.2, 0.25) is 0 Å². The summed E-state index contributed by atoms with van der Waals surface area (Å²) in [5.41, 5.74) is 2.34. The number of para-hydroxylation sites is 1. The molecular formula is C16H9FN3O2. The summed E-state index contributed by atoms with van der Waals surface area (Å²) >= 11 is 0. The first-order valence-electron chi connectivity index (χ1n) is 6.59. The van der Waals surface area contributed by atoms with Gasteiger partial charge in [0.05, 0.1) is 17.2 Å². The number of aromatic nitrogens is 2. The molecule has 0 aliphatic rings. The molecule has 0 bridgehead atoms. The van der Waals surface area contributed by atoms with E-state index in [0.717, 1.165) is 22.5 Å². The summed E-state index contributed by atoms with van der Waals surface area (Å²) in [7, 11) is 0. The first-order valence-corrected chi connectivity index (χ1v) is 6.59. The number of benzene rings is 2. The van der Waals surface area contributed by atoms with E-state index in [0.29, 0.717) is 10.9 Å². The van der Waals surface area contributed by atoms with Crippen molar-refractivity contribution in [2.75, 3.05) is 0 Å². The fourth-order valence-corrected chi connectivity index (χ4v) is 2.75. The zero-order valence-corrected chi connectivity index (χ0v) is 11.2. The number of H-pyrrole nitrogens is 2. The molecule has 2 aromatic carbocycles. The summed E-state index contributed by atoms with van der Waals surface area (Å²) in [6.07, 6.45) is 4.71. The maximum absolute atomic E-state index is 13.7. The van der Waals surface area contributed by atoms with Crippen LogP contribution in [0.25, 0.3) is 32.9 Å². The van der Waals surface area contributed by atoms with Crippen LogP contribution in [0.1, 0.15) is 0 Å². The van der Waals surface area contributed by atoms with Gasteiger partial charge in [0.15, 0.2) is 0 Å². The van der Waals surface area contributed by atoms with Crippen LogP contribution in [0.15, 0.2) is 42.6 Å². The number of nitro benzene ring substituents is 1. The minimum Gasteiger partial charge on any atom is -0.361 e. The van der Waals surface area contributed by atoms with Gasteiger partial charge >= 0.3 is 0 Å². The zero-order chi connectivity index (χ0) is 15.3. The number of fused-ring (bicyclic) bond motifs is 2. The molecule has 1 radical (unpaired) electrons. The van der Waals surface area contributed by atoms with E-state index >= 15 is 0 Å². The molecule has 0 spiro atoms. The van der Waals surface area contributed by atoms with Gasteiger partial charge in [0.1, 0.15) is 11.3 Å². The molecule has 5 nitrogen and oxygen atoms in total. The minimum atomic E-state index is -0.645. The quantitative estimate of drug-likeness (QED) is 0.430. The Hall–Kier alpha value is -3.15. The van der Waals surface area contributed by atoms with Crippen molar-refractivity contribution in [3.63, 3.8) is 0 Å². The van der Waals surface area contributed by atoms with Gasteiger partial charge in [0.25, 0.3) is 5.69 Å². The molecule has 2 N–H and O–H groups in total. The van der Waals surface area contributed by atoms with E-state index in [-0.39, 0.29) is 11.2 Å². The van der Waals surface area contributed by atoms with Gasteiger partial charge in [-0.25, -0.2) is 4.39 Å². The van der Waals surface area contributed by atoms with E-state index < -0.39 is 10.7 Å². The highest BCUT2D eigenvalue weighted by atomic mass is 19.1. The number of nitrogens with zero attached hydrogens (tertiary/aromatic N) is 1. The van der Waals surface area contributed by atoms with E-state index in [9.17, 15) is 14.5 Å². The van der Waals surface area contributed by atoms with Gasteiger partial charge in [-0.2, -0.15) is 0 Å². The number of nitro groups is 1. The minimum absolute atomic E-state index is 0.270. The smallest absolute Gasteiger partial charge is 0.296 e. The van der Waals surface area contributed by atoms with Crippen molar-refractivity contribution in [3.05, 3.63) is 64.7 Å². The Labute approximate surface area is 123 Å². The second kappa shape index (κ2) is 4.42. The van der Waals surface area contributed by atoms with Crippen LogP contribution in [0.4, 0.5) is 10.1 Å². The highest BCUT2D eigenvalue weighted by Gasteiger charge is 2.20. The number of nitrogens with one attached hydrogen (secondary N) is 2. The summed E-state index contributed by atoms with van der Waals surface area (Å²) < 4.78 is 13.7. The van der Waals surface area contributed by atoms with Gasteiger partial charge in [0.2, 0.25) is 0 Å². The lowest BCUT2D eigenvalue weighted by molar-refractivity contribution is -0.383. The van der Waals surface area contributed by atoms with Crippen molar-refractivity contribution in [1.29, 1.82) is 0 Å². The summed E-state index contributed by atoms with van der Waals surface area (Å²) in [6.45, 7) is 0. The zero-order valence-electron chi connectivity index (χ0n) is 11.2. The molecule has 2 heterocycles. The van der Waals surface area contributed by atoms with Gasteiger partial charge in [0, 0.05) is 33.6 Å². The average molecular weight is 294 g/mol. The average Bonchev–Trinajstić information content (AvgIpc) is 3.09. The number of aromatic amines is 2. The third-order valence-electron chi connectivity index (χ3n) is 3.72. The van der Waals surface area contributed by atoms with Crippen molar-refractivity contribution in [3.8, 4) is 11.1 Å². The predicted molar refractivity (Wildman–Crippen MR) is 81.0 cm³/mol. The van der Waals surface area contributed by atoms with Crippen LogP contribution in [0.3, 0.4) is 0 Å². The maximum atomic E-state index is 13.7. The SMILES string of the molecule is O=[N+]([O-])c1cc(F)cc2c(-c3c[nH]c4ccccc34)[c][nH]c12. The van der Waals surface area contributed by atoms with Crippen LogP contribution >= 0.6 is 0 Å². The molecule has 0 amide bonds. The predicted octanol–water partition coefficient (Wildman–Crippen LogP) is 4.16. The number of hydrogen-bond acceptors (Lipinski definition) is 2. The fraction of sp³-hybridized carbons (Fsp3) is 0. The molecule has 0 saturated carbocycles. The van der Waals surface area contributed by atoms with Crippen molar-refractivity contribution < 1.29 is 9.31 Å². The summed E-state index contributed by atoms with van der Waals surface area (Å²) in [5.74, 6) is -0.645.